The van der Waals surface area contributed by atoms with Crippen molar-refractivity contribution in [2.24, 2.45) is 0 Å². The van der Waals surface area contributed by atoms with Gasteiger partial charge in [0.2, 0.25) is 5.92 Å². The molecule has 0 heterocycles. The van der Waals surface area contributed by atoms with Crippen molar-refractivity contribution in [3.05, 3.63) is 0 Å². The van der Waals surface area contributed by atoms with Gasteiger partial charge in [0.1, 0.15) is 0 Å². The van der Waals surface area contributed by atoms with Gasteiger partial charge in [-0.1, -0.05) is 0 Å². The first-order chi connectivity index (χ1) is 6.35. The zero-order chi connectivity index (χ0) is 10.8. The van der Waals surface area contributed by atoms with Crippen molar-refractivity contribution in [1.82, 2.24) is 0 Å². The number of hydrogen-bond donors (Lipinski definition) is 0. The van der Waals surface area contributed by atoms with E-state index in [9.17, 15) is 17.2 Å². The Labute approximate surface area is 82.6 Å². The van der Waals surface area contributed by atoms with Crippen LogP contribution in [-0.2, 0) is 14.3 Å². The van der Waals surface area contributed by atoms with Crippen LogP contribution in [0.1, 0.15) is 32.6 Å². The Morgan fingerprint density at radius 1 is 1.36 bits per heavy atom. The van der Waals surface area contributed by atoms with Gasteiger partial charge in [-0.25, -0.2) is 8.78 Å². The van der Waals surface area contributed by atoms with E-state index in [1.807, 2.05) is 0 Å². The van der Waals surface area contributed by atoms with Gasteiger partial charge in [-0.3, -0.25) is 4.18 Å². The van der Waals surface area contributed by atoms with Gasteiger partial charge in [0.25, 0.3) is 10.1 Å². The van der Waals surface area contributed by atoms with Crippen LogP contribution in [0.3, 0.4) is 0 Å². The molecule has 1 aliphatic carbocycles. The van der Waals surface area contributed by atoms with Gasteiger partial charge < -0.3 is 0 Å². The standard InChI is InChI=1S/C8H14F2O3S/c1-2-14(11,12)13-7-3-5-8(9,10)6-4-7/h7H,2-6H2,1H3. The molecule has 14 heavy (non-hydrogen) atoms. The van der Waals surface area contributed by atoms with Crippen LogP contribution in [0, 0.1) is 0 Å². The largest absolute Gasteiger partial charge is 0.267 e. The second kappa shape index (κ2) is 4.10. The molecule has 0 aromatic carbocycles. The van der Waals surface area contributed by atoms with Gasteiger partial charge in [0.05, 0.1) is 11.9 Å². The summed E-state index contributed by atoms with van der Waals surface area (Å²) in [6, 6.07) is 0. The molecule has 3 nitrogen and oxygen atoms in total. The molecule has 0 unspecified atom stereocenters. The van der Waals surface area contributed by atoms with Crippen LogP contribution < -0.4 is 0 Å². The van der Waals surface area contributed by atoms with E-state index in [2.05, 4.69) is 0 Å². The Hall–Kier alpha value is -0.230. The van der Waals surface area contributed by atoms with Crippen molar-refractivity contribution >= 4 is 10.1 Å². The van der Waals surface area contributed by atoms with E-state index < -0.39 is 22.1 Å². The lowest BCUT2D eigenvalue weighted by atomic mass is 9.94. The molecule has 1 rings (SSSR count). The van der Waals surface area contributed by atoms with Crippen molar-refractivity contribution in [3.63, 3.8) is 0 Å². The molecule has 0 spiro atoms. The Morgan fingerprint density at radius 3 is 2.29 bits per heavy atom. The van der Waals surface area contributed by atoms with Crippen molar-refractivity contribution in [2.75, 3.05) is 5.75 Å². The first kappa shape index (κ1) is 11.8. The maximum Gasteiger partial charge on any atom is 0.267 e. The zero-order valence-corrected chi connectivity index (χ0v) is 8.82. The highest BCUT2D eigenvalue weighted by atomic mass is 32.2. The van der Waals surface area contributed by atoms with E-state index >= 15 is 0 Å². The molecule has 0 amide bonds. The Morgan fingerprint density at radius 2 is 1.86 bits per heavy atom. The molecule has 6 heteroatoms. The third-order valence-corrected chi connectivity index (χ3v) is 3.57. The quantitative estimate of drug-likeness (QED) is 0.693. The van der Waals surface area contributed by atoms with Crippen molar-refractivity contribution in [3.8, 4) is 0 Å². The highest BCUT2D eigenvalue weighted by molar-refractivity contribution is 7.86. The Bertz CT molecular complexity index is 277. The molecular formula is C8H14F2O3S. The van der Waals surface area contributed by atoms with E-state index in [4.69, 9.17) is 4.18 Å². The Balaban J connectivity index is 2.44. The fourth-order valence-corrected chi connectivity index (χ4v) is 2.13. The average Bonchev–Trinajstić information content (AvgIpc) is 2.09. The summed E-state index contributed by atoms with van der Waals surface area (Å²) in [6.45, 7) is 1.47. The summed E-state index contributed by atoms with van der Waals surface area (Å²) in [5.41, 5.74) is 0. The zero-order valence-electron chi connectivity index (χ0n) is 8.00. The molecule has 1 aliphatic rings. The topological polar surface area (TPSA) is 43.4 Å². The molecule has 0 atom stereocenters. The van der Waals surface area contributed by atoms with Gasteiger partial charge in [0.15, 0.2) is 0 Å². The molecule has 0 aromatic rings. The van der Waals surface area contributed by atoms with Crippen molar-refractivity contribution in [2.45, 2.75) is 44.6 Å². The maximum atomic E-state index is 12.7. The molecule has 1 saturated carbocycles. The van der Waals surface area contributed by atoms with Crippen molar-refractivity contribution < 1.29 is 21.4 Å². The summed E-state index contributed by atoms with van der Waals surface area (Å²) in [5, 5.41) is 0. The third kappa shape index (κ3) is 3.49. The smallest absolute Gasteiger partial charge is 0.267 e. The summed E-state index contributed by atoms with van der Waals surface area (Å²) in [6.07, 6.45) is -0.883. The maximum absolute atomic E-state index is 12.7. The summed E-state index contributed by atoms with van der Waals surface area (Å²) >= 11 is 0. The lowest BCUT2D eigenvalue weighted by Crippen LogP contribution is -2.30. The predicted octanol–water partition coefficient (Wildman–Crippen LogP) is 1.93. The second-order valence-electron chi connectivity index (χ2n) is 3.50. The van der Waals surface area contributed by atoms with E-state index in [-0.39, 0.29) is 31.4 Å². The first-order valence-corrected chi connectivity index (χ1v) is 6.21. The van der Waals surface area contributed by atoms with Gasteiger partial charge in [-0.05, 0) is 19.8 Å². The van der Waals surface area contributed by atoms with Crippen LogP contribution in [0.5, 0.6) is 0 Å². The SMILES string of the molecule is CCS(=O)(=O)OC1CCC(F)(F)CC1. The van der Waals surface area contributed by atoms with Gasteiger partial charge in [0, 0.05) is 12.8 Å². The molecule has 0 aromatic heterocycles. The molecule has 0 bridgehead atoms. The minimum Gasteiger partial charge on any atom is -0.267 e. The molecule has 0 aliphatic heterocycles. The monoisotopic (exact) mass is 228 g/mol. The third-order valence-electron chi connectivity index (χ3n) is 2.30. The highest BCUT2D eigenvalue weighted by Crippen LogP contribution is 2.34. The van der Waals surface area contributed by atoms with Crippen LogP contribution in [0.2, 0.25) is 0 Å². The predicted molar refractivity (Wildman–Crippen MR) is 47.7 cm³/mol. The van der Waals surface area contributed by atoms with Gasteiger partial charge in [-0.15, -0.1) is 0 Å². The van der Waals surface area contributed by atoms with Crippen LogP contribution >= 0.6 is 0 Å². The number of halogens is 2. The molecule has 0 saturated heterocycles. The molecule has 1 fully saturated rings. The number of hydrogen-bond acceptors (Lipinski definition) is 3. The Kier molecular flexibility index (Phi) is 3.47. The van der Waals surface area contributed by atoms with Crippen LogP contribution in [0.15, 0.2) is 0 Å². The fourth-order valence-electron chi connectivity index (χ4n) is 1.39. The molecular weight excluding hydrogens is 214 g/mol. The van der Waals surface area contributed by atoms with E-state index in [0.717, 1.165) is 0 Å². The van der Waals surface area contributed by atoms with Crippen molar-refractivity contribution in [1.29, 1.82) is 0 Å². The van der Waals surface area contributed by atoms with Gasteiger partial charge in [-0.2, -0.15) is 8.42 Å². The van der Waals surface area contributed by atoms with Crippen LogP contribution in [0.25, 0.3) is 0 Å². The van der Waals surface area contributed by atoms with Gasteiger partial charge >= 0.3 is 0 Å². The molecule has 0 N–H and O–H groups in total. The van der Waals surface area contributed by atoms with E-state index in [0.29, 0.717) is 0 Å². The normalized spacial score (nSPS) is 23.6. The lowest BCUT2D eigenvalue weighted by Gasteiger charge is -2.27. The summed E-state index contributed by atoms with van der Waals surface area (Å²) in [7, 11) is -3.50. The van der Waals surface area contributed by atoms with E-state index in [1.54, 1.807) is 0 Å². The fraction of sp³-hybridized carbons (Fsp3) is 1.00. The summed E-state index contributed by atoms with van der Waals surface area (Å²) in [4.78, 5) is 0. The van der Waals surface area contributed by atoms with Crippen LogP contribution in [0.4, 0.5) is 8.78 Å². The minimum atomic E-state index is -3.50. The summed E-state index contributed by atoms with van der Waals surface area (Å²) in [5.74, 6) is -2.75. The first-order valence-electron chi connectivity index (χ1n) is 4.63. The lowest BCUT2D eigenvalue weighted by molar-refractivity contribution is -0.0573. The number of rotatable bonds is 3. The minimum absolute atomic E-state index is 0.111. The second-order valence-corrected chi connectivity index (χ2v) is 5.38. The molecule has 0 radical (unpaired) electrons. The van der Waals surface area contributed by atoms with E-state index in [1.165, 1.54) is 6.92 Å². The summed E-state index contributed by atoms with van der Waals surface area (Å²) < 4.78 is 52.2. The molecule has 84 valence electrons. The average molecular weight is 228 g/mol. The highest BCUT2D eigenvalue weighted by Gasteiger charge is 2.36. The number of alkyl halides is 2. The van der Waals surface area contributed by atoms with Crippen LogP contribution in [-0.4, -0.2) is 26.2 Å².